The summed E-state index contributed by atoms with van der Waals surface area (Å²) < 4.78 is 16.5. The second-order valence-corrected chi connectivity index (χ2v) is 7.07. The standard InChI is InChI=1S/C25H24N2O4/c1-29-23-13-12-19(25(28)26-20-10-6-3-7-11-20)15-22(23)27-21(24-16-30-17-31-24)14-18-8-4-2-5-9-18/h2-13,15-16,21,27H,14,17H2,1H3,(H,26,28). The van der Waals surface area contributed by atoms with Gasteiger partial charge >= 0.3 is 0 Å². The van der Waals surface area contributed by atoms with Crippen LogP contribution < -0.4 is 15.4 Å². The molecule has 1 aliphatic rings. The Bertz CT molecular complexity index is 1050. The molecule has 1 unspecified atom stereocenters. The Balaban J connectivity index is 1.58. The average molecular weight is 416 g/mol. The van der Waals surface area contributed by atoms with Gasteiger partial charge in [-0.3, -0.25) is 4.79 Å². The average Bonchev–Trinajstić information content (AvgIpc) is 3.35. The monoisotopic (exact) mass is 416 g/mol. The SMILES string of the molecule is COc1ccc(C(=O)Nc2ccccc2)cc1NC(Cc1ccccc1)C1=COCO1. The summed E-state index contributed by atoms with van der Waals surface area (Å²) in [6.45, 7) is 0.193. The number of hydrogen-bond donors (Lipinski definition) is 2. The topological polar surface area (TPSA) is 68.8 Å². The van der Waals surface area contributed by atoms with Crippen molar-refractivity contribution in [3.63, 3.8) is 0 Å². The van der Waals surface area contributed by atoms with Gasteiger partial charge in [0.2, 0.25) is 6.79 Å². The summed E-state index contributed by atoms with van der Waals surface area (Å²) in [7, 11) is 1.60. The Kier molecular flexibility index (Phi) is 6.38. The van der Waals surface area contributed by atoms with Gasteiger partial charge in [0.1, 0.15) is 12.0 Å². The zero-order chi connectivity index (χ0) is 21.5. The van der Waals surface area contributed by atoms with Crippen molar-refractivity contribution in [3.05, 3.63) is 102 Å². The first-order valence-electron chi connectivity index (χ1n) is 10.0. The van der Waals surface area contributed by atoms with Crippen molar-refractivity contribution >= 4 is 17.3 Å². The lowest BCUT2D eigenvalue weighted by molar-refractivity contribution is 0.0764. The third-order valence-electron chi connectivity index (χ3n) is 4.94. The van der Waals surface area contributed by atoms with E-state index < -0.39 is 0 Å². The number of methoxy groups -OCH3 is 1. The van der Waals surface area contributed by atoms with Crippen molar-refractivity contribution in [1.29, 1.82) is 0 Å². The second kappa shape index (κ2) is 9.71. The quantitative estimate of drug-likeness (QED) is 0.551. The van der Waals surface area contributed by atoms with Crippen LogP contribution >= 0.6 is 0 Å². The van der Waals surface area contributed by atoms with Gasteiger partial charge in [-0.2, -0.15) is 0 Å². The van der Waals surface area contributed by atoms with Crippen LogP contribution in [-0.4, -0.2) is 25.9 Å². The number of ether oxygens (including phenoxy) is 3. The summed E-state index contributed by atoms with van der Waals surface area (Å²) in [6.07, 6.45) is 2.30. The van der Waals surface area contributed by atoms with Crippen LogP contribution in [0.25, 0.3) is 0 Å². The predicted molar refractivity (Wildman–Crippen MR) is 120 cm³/mol. The Hall–Kier alpha value is -3.93. The molecule has 0 saturated heterocycles. The summed E-state index contributed by atoms with van der Waals surface area (Å²) in [5.74, 6) is 1.13. The van der Waals surface area contributed by atoms with Gasteiger partial charge in [-0.05, 0) is 42.3 Å². The van der Waals surface area contributed by atoms with Crippen LogP contribution in [0, 0.1) is 0 Å². The number of para-hydroxylation sites is 1. The van der Waals surface area contributed by atoms with Crippen LogP contribution in [0.15, 0.2) is 90.9 Å². The molecule has 1 aliphatic heterocycles. The number of rotatable bonds is 8. The van der Waals surface area contributed by atoms with Crippen LogP contribution in [0.5, 0.6) is 5.75 Å². The molecule has 0 bridgehead atoms. The summed E-state index contributed by atoms with van der Waals surface area (Å²) >= 11 is 0. The molecule has 3 aromatic carbocycles. The molecular formula is C25H24N2O4. The fourth-order valence-corrected chi connectivity index (χ4v) is 3.38. The van der Waals surface area contributed by atoms with Crippen LogP contribution in [-0.2, 0) is 15.9 Å². The molecular weight excluding hydrogens is 392 g/mol. The fraction of sp³-hybridized carbons (Fsp3) is 0.160. The maximum atomic E-state index is 12.8. The molecule has 31 heavy (non-hydrogen) atoms. The van der Waals surface area contributed by atoms with Gasteiger partial charge in [0, 0.05) is 11.3 Å². The molecule has 0 aliphatic carbocycles. The van der Waals surface area contributed by atoms with Crippen LogP contribution in [0.2, 0.25) is 0 Å². The predicted octanol–water partition coefficient (Wildman–Crippen LogP) is 4.82. The van der Waals surface area contributed by atoms with Crippen LogP contribution in [0.3, 0.4) is 0 Å². The first-order valence-corrected chi connectivity index (χ1v) is 10.0. The Morgan fingerprint density at radius 1 is 1.03 bits per heavy atom. The van der Waals surface area contributed by atoms with Gasteiger partial charge in [0.15, 0.2) is 5.76 Å². The number of amides is 1. The molecule has 0 saturated carbocycles. The highest BCUT2D eigenvalue weighted by Gasteiger charge is 2.22. The van der Waals surface area contributed by atoms with Crippen molar-refractivity contribution in [3.8, 4) is 5.75 Å². The zero-order valence-electron chi connectivity index (χ0n) is 17.2. The van der Waals surface area contributed by atoms with Gasteiger partial charge in [-0.25, -0.2) is 0 Å². The van der Waals surface area contributed by atoms with E-state index in [0.29, 0.717) is 29.2 Å². The van der Waals surface area contributed by atoms with Gasteiger partial charge in [-0.1, -0.05) is 48.5 Å². The smallest absolute Gasteiger partial charge is 0.255 e. The van der Waals surface area contributed by atoms with Crippen LogP contribution in [0.4, 0.5) is 11.4 Å². The van der Waals surface area contributed by atoms with E-state index in [4.69, 9.17) is 14.2 Å². The second-order valence-electron chi connectivity index (χ2n) is 7.07. The molecule has 2 N–H and O–H groups in total. The van der Waals surface area contributed by atoms with Crippen molar-refractivity contribution in [2.75, 3.05) is 24.5 Å². The first kappa shape index (κ1) is 20.3. The Morgan fingerprint density at radius 3 is 2.45 bits per heavy atom. The molecule has 1 heterocycles. The lowest BCUT2D eigenvalue weighted by Gasteiger charge is -2.22. The summed E-state index contributed by atoms with van der Waals surface area (Å²) in [6, 6.07) is 24.6. The minimum absolute atomic E-state index is 0.189. The number of hydrogen-bond acceptors (Lipinski definition) is 5. The number of carbonyl (C=O) groups excluding carboxylic acids is 1. The lowest BCUT2D eigenvalue weighted by atomic mass is 10.0. The maximum absolute atomic E-state index is 12.8. The normalized spacial score (nSPS) is 13.4. The fourth-order valence-electron chi connectivity index (χ4n) is 3.38. The molecule has 3 aromatic rings. The minimum Gasteiger partial charge on any atom is -0.495 e. The molecule has 1 amide bonds. The minimum atomic E-state index is -0.198. The van der Waals surface area contributed by atoms with E-state index in [1.54, 1.807) is 31.6 Å². The number of carbonyl (C=O) groups is 1. The van der Waals surface area contributed by atoms with E-state index in [0.717, 1.165) is 11.3 Å². The van der Waals surface area contributed by atoms with Gasteiger partial charge < -0.3 is 24.8 Å². The number of anilines is 2. The van der Waals surface area contributed by atoms with Crippen molar-refractivity contribution in [1.82, 2.24) is 0 Å². The van der Waals surface area contributed by atoms with Crippen molar-refractivity contribution in [2.45, 2.75) is 12.5 Å². The maximum Gasteiger partial charge on any atom is 0.255 e. The molecule has 0 radical (unpaired) electrons. The first-order chi connectivity index (χ1) is 15.2. The Morgan fingerprint density at radius 2 is 1.77 bits per heavy atom. The highest BCUT2D eigenvalue weighted by atomic mass is 16.7. The van der Waals surface area contributed by atoms with E-state index in [-0.39, 0.29) is 18.7 Å². The van der Waals surface area contributed by atoms with Crippen LogP contribution in [0.1, 0.15) is 15.9 Å². The summed E-state index contributed by atoms with van der Waals surface area (Å²) in [4.78, 5) is 12.8. The molecule has 158 valence electrons. The van der Waals surface area contributed by atoms with Gasteiger partial charge in [0.25, 0.3) is 5.91 Å². The van der Waals surface area contributed by atoms with E-state index in [1.807, 2.05) is 48.5 Å². The highest BCUT2D eigenvalue weighted by Crippen LogP contribution is 2.29. The zero-order valence-corrected chi connectivity index (χ0v) is 17.2. The van der Waals surface area contributed by atoms with Crippen molar-refractivity contribution in [2.24, 2.45) is 0 Å². The summed E-state index contributed by atoms with van der Waals surface area (Å²) in [5, 5.41) is 6.38. The van der Waals surface area contributed by atoms with E-state index >= 15 is 0 Å². The molecule has 4 rings (SSSR count). The van der Waals surface area contributed by atoms with Crippen molar-refractivity contribution < 1.29 is 19.0 Å². The van der Waals surface area contributed by atoms with E-state index in [2.05, 4.69) is 22.8 Å². The lowest BCUT2D eigenvalue weighted by Crippen LogP contribution is -2.26. The van der Waals surface area contributed by atoms with E-state index in [9.17, 15) is 4.79 Å². The van der Waals surface area contributed by atoms with Gasteiger partial charge in [-0.15, -0.1) is 0 Å². The molecule has 6 heteroatoms. The third-order valence-corrected chi connectivity index (χ3v) is 4.94. The molecule has 1 atom stereocenters. The molecule has 0 spiro atoms. The summed E-state index contributed by atoms with van der Waals surface area (Å²) in [5.41, 5.74) is 3.10. The highest BCUT2D eigenvalue weighted by molar-refractivity contribution is 6.05. The molecule has 0 aromatic heterocycles. The number of benzene rings is 3. The third kappa shape index (κ3) is 5.17. The number of nitrogens with one attached hydrogen (secondary N) is 2. The largest absolute Gasteiger partial charge is 0.495 e. The molecule has 0 fully saturated rings. The van der Waals surface area contributed by atoms with E-state index in [1.165, 1.54) is 0 Å². The Labute approximate surface area is 181 Å². The molecule has 6 nitrogen and oxygen atoms in total. The van der Waals surface area contributed by atoms with Gasteiger partial charge in [0.05, 0.1) is 18.8 Å².